The highest BCUT2D eigenvalue weighted by Crippen LogP contribution is 2.41. The third-order valence-electron chi connectivity index (χ3n) is 19.0. The van der Waals surface area contributed by atoms with Crippen molar-refractivity contribution < 1.29 is 38.1 Å². The van der Waals surface area contributed by atoms with Gasteiger partial charge in [0.1, 0.15) is 23.7 Å². The lowest BCUT2D eigenvalue weighted by Gasteiger charge is -2.43. The predicted molar refractivity (Wildman–Crippen MR) is 355 cm³/mol. The minimum Gasteiger partial charge on any atom is -0.496 e. The number of aromatic nitrogens is 2. The van der Waals surface area contributed by atoms with Crippen molar-refractivity contribution in [3.63, 3.8) is 0 Å². The van der Waals surface area contributed by atoms with E-state index in [2.05, 4.69) is 64.7 Å². The Morgan fingerprint density at radius 1 is 0.576 bits per heavy atom. The number of piperazine rings is 2. The fourth-order valence-corrected chi connectivity index (χ4v) is 14.2. The summed E-state index contributed by atoms with van der Waals surface area (Å²) < 4.78 is 23.2. The number of aromatic amines is 2. The van der Waals surface area contributed by atoms with Crippen molar-refractivity contribution in [2.24, 2.45) is 0 Å². The second kappa shape index (κ2) is 28.5. The number of nitrogens with zero attached hydrogens (tertiary/aromatic N) is 6. The number of hydrogen-bond acceptors (Lipinski definition) is 16. The number of amides is 4. The van der Waals surface area contributed by atoms with E-state index >= 15 is 0 Å². The second-order valence-electron chi connectivity index (χ2n) is 27.0. The van der Waals surface area contributed by atoms with Crippen LogP contribution in [0.25, 0.3) is 0 Å². The molecule has 0 bridgehead atoms. The molecule has 6 aliphatic rings. The Morgan fingerprint density at radius 2 is 0.978 bits per heavy atom. The van der Waals surface area contributed by atoms with Crippen molar-refractivity contribution in [3.8, 4) is 11.5 Å². The molecule has 4 fully saturated rings. The average molecular weight is 1300 g/mol. The maximum atomic E-state index is 14.5. The predicted octanol–water partition coefficient (Wildman–Crippen LogP) is 4.18. The summed E-state index contributed by atoms with van der Waals surface area (Å²) in [5.41, 5.74) is 6.05. The fraction of sp³-hybridized carbons (Fsp3) is 0.529. The number of anilines is 2. The second-order valence-corrected chi connectivity index (χ2v) is 27.9. The monoisotopic (exact) mass is 1300 g/mol. The topological polar surface area (TPSA) is 238 Å². The first kappa shape index (κ1) is 66.7. The summed E-state index contributed by atoms with van der Waals surface area (Å²) >= 11 is 12.5. The zero-order valence-electron chi connectivity index (χ0n) is 54.1. The molecule has 6 atom stereocenters. The average Bonchev–Trinajstić information content (AvgIpc) is 1.61. The first-order chi connectivity index (χ1) is 44.0. The van der Waals surface area contributed by atoms with Crippen LogP contribution in [0.4, 0.5) is 11.4 Å². The lowest BCUT2D eigenvalue weighted by Crippen LogP contribution is -2.62. The number of ether oxygens (including phenoxy) is 4. The van der Waals surface area contributed by atoms with Crippen molar-refractivity contribution in [2.45, 2.75) is 115 Å². The normalized spacial score (nSPS) is 23.4. The molecule has 2 aromatic heterocycles. The van der Waals surface area contributed by atoms with Gasteiger partial charge in [0.2, 0.25) is 11.8 Å². The summed E-state index contributed by atoms with van der Waals surface area (Å²) in [5, 5.41) is 14.4. The smallest absolute Gasteiger partial charge is 0.251 e. The molecule has 0 aliphatic carbocycles. The molecule has 4 amide bonds. The number of carbonyl (C=O) groups excluding carboxylic acids is 4. The van der Waals surface area contributed by atoms with Crippen LogP contribution in [-0.4, -0.2) is 209 Å². The molecule has 494 valence electrons. The fourth-order valence-electron chi connectivity index (χ4n) is 13.9. The van der Waals surface area contributed by atoms with Gasteiger partial charge in [-0.05, 0) is 72.5 Å². The van der Waals surface area contributed by atoms with Crippen LogP contribution < -0.4 is 51.7 Å². The Labute approximate surface area is 547 Å². The molecule has 5 aromatic rings. The first-order valence-electron chi connectivity index (χ1n) is 32.1. The molecule has 92 heavy (non-hydrogen) atoms. The highest BCUT2D eigenvalue weighted by Gasteiger charge is 2.44. The Hall–Kier alpha value is -6.70. The zero-order chi connectivity index (χ0) is 65.2. The van der Waals surface area contributed by atoms with Crippen molar-refractivity contribution in [1.82, 2.24) is 50.8 Å². The molecule has 24 heteroatoms. The van der Waals surface area contributed by atoms with Gasteiger partial charge >= 0.3 is 0 Å². The molecule has 0 spiro atoms. The zero-order valence-corrected chi connectivity index (χ0v) is 55.6. The number of methoxy groups -OCH3 is 2. The summed E-state index contributed by atoms with van der Waals surface area (Å²) in [6.07, 6.45) is -0.729. The van der Waals surface area contributed by atoms with Gasteiger partial charge in [-0.15, -0.1) is 0 Å². The van der Waals surface area contributed by atoms with Gasteiger partial charge in [-0.2, -0.15) is 0 Å². The Balaban J connectivity index is 0.634. The van der Waals surface area contributed by atoms with Gasteiger partial charge in [-0.25, -0.2) is 0 Å². The highest BCUT2D eigenvalue weighted by molar-refractivity contribution is 6.31. The summed E-state index contributed by atoms with van der Waals surface area (Å²) in [6, 6.07) is 22.5. The van der Waals surface area contributed by atoms with Gasteiger partial charge in [0.25, 0.3) is 22.9 Å². The number of fused-ring (bicyclic) bond motifs is 2. The van der Waals surface area contributed by atoms with E-state index in [0.717, 1.165) is 33.6 Å². The maximum absolute atomic E-state index is 14.5. The maximum Gasteiger partial charge on any atom is 0.251 e. The molecular formula is C68H88Cl2N12O10. The van der Waals surface area contributed by atoms with Gasteiger partial charge in [-0.3, -0.25) is 48.4 Å². The number of halogens is 2. The van der Waals surface area contributed by atoms with Gasteiger partial charge in [0.05, 0.1) is 51.9 Å². The molecule has 11 rings (SSSR count). The van der Waals surface area contributed by atoms with Gasteiger partial charge in [0.15, 0.2) is 0 Å². The van der Waals surface area contributed by atoms with E-state index in [-0.39, 0.29) is 72.0 Å². The Bertz CT molecular complexity index is 3420. The van der Waals surface area contributed by atoms with Gasteiger partial charge in [0, 0.05) is 172 Å². The molecule has 0 saturated carbocycles. The molecule has 0 unspecified atom stereocenters. The van der Waals surface area contributed by atoms with E-state index in [4.69, 9.17) is 42.1 Å². The summed E-state index contributed by atoms with van der Waals surface area (Å²) in [7, 11) is 3.14. The van der Waals surface area contributed by atoms with Crippen molar-refractivity contribution in [3.05, 3.63) is 148 Å². The van der Waals surface area contributed by atoms with Gasteiger partial charge in [-0.1, -0.05) is 87.3 Å². The molecular weight excluding hydrogens is 1220 g/mol. The number of rotatable bonds is 20. The lowest BCUT2D eigenvalue weighted by atomic mass is 9.91. The van der Waals surface area contributed by atoms with Crippen molar-refractivity contribution >= 4 is 58.2 Å². The number of pyridine rings is 2. The number of nitrogens with one attached hydrogen (secondary N) is 6. The van der Waals surface area contributed by atoms with E-state index in [1.165, 1.54) is 0 Å². The number of hydrogen-bond donors (Lipinski definition) is 6. The van der Waals surface area contributed by atoms with E-state index in [9.17, 15) is 28.8 Å². The van der Waals surface area contributed by atoms with E-state index in [1.807, 2.05) is 86.0 Å². The van der Waals surface area contributed by atoms with Crippen LogP contribution in [0.3, 0.4) is 0 Å². The molecule has 3 aromatic carbocycles. The van der Waals surface area contributed by atoms with Crippen molar-refractivity contribution in [2.75, 3.05) is 129 Å². The Morgan fingerprint density at radius 3 is 1.37 bits per heavy atom. The largest absolute Gasteiger partial charge is 0.496 e. The minimum absolute atomic E-state index is 0.00572. The summed E-state index contributed by atoms with van der Waals surface area (Å²) in [5.74, 6) is 0.684. The number of H-pyrrole nitrogens is 2. The summed E-state index contributed by atoms with van der Waals surface area (Å²) in [6.45, 7) is 21.1. The quantitative estimate of drug-likeness (QED) is 0.0641. The highest BCUT2D eigenvalue weighted by atomic mass is 35.5. The molecule has 8 heterocycles. The van der Waals surface area contributed by atoms with Crippen LogP contribution in [0.2, 0.25) is 10.0 Å². The minimum atomic E-state index is -0.672. The first-order valence-corrected chi connectivity index (χ1v) is 32.8. The third kappa shape index (κ3) is 15.4. The SMILES string of the molecule is COc1cc(Cl)ccc1Cc1cc2c([nH]c1=O)C(C)(C)CN2C(=O)CN1C[C@@H](C)NC[C@@H]1CN1CCO[C@H](C(=O)NCc2ccc(CNC(=O)[C@@H]3CN(C[C@H]4CN[C@H](C)CN4CC(=O)N4CC(C)(C)c5[nH]c(=O)c(Cc6ccc(Cl)cc6OC)cc54)CCO3)cc2)C1. The van der Waals surface area contributed by atoms with Gasteiger partial charge < -0.3 is 60.0 Å². The van der Waals surface area contributed by atoms with E-state index in [0.29, 0.717) is 162 Å². The third-order valence-corrected chi connectivity index (χ3v) is 19.5. The van der Waals surface area contributed by atoms with Crippen LogP contribution >= 0.6 is 23.2 Å². The van der Waals surface area contributed by atoms with Crippen LogP contribution in [0, 0.1) is 0 Å². The molecule has 6 N–H and O–H groups in total. The standard InChI is InChI=1S/C68H88Cl2N12O10/c1-41-31-79(37-59(83)81-39-67(3,4)61-53(81)23-47(63(85)75-61)21-45-13-15-49(69)25-55(45)89-7)51(29-71-41)33-77-17-19-91-57(35-77)65(87)73-27-43-9-11-44(12-10-43)28-74-66(88)58-36-78(18-20-92-58)34-52-30-72-42(2)32-80(52)38-60(84)82-40-68(5,6)62-54(82)24-48(64(86)76-62)22-46-14-16-50(70)26-56(46)90-8/h9-16,23-26,41-42,51-52,57-58,71-72H,17-22,27-40H2,1-8H3,(H,73,87)(H,74,88)(H,75,85)(H,76,86)/t41-,42-,51-,52-,57+,58+/m1/s1. The van der Waals surface area contributed by atoms with Crippen LogP contribution in [-0.2, 0) is 65.4 Å². The van der Waals surface area contributed by atoms with Crippen LogP contribution in [0.1, 0.15) is 86.3 Å². The van der Waals surface area contributed by atoms with E-state index < -0.39 is 23.0 Å². The number of benzene rings is 3. The van der Waals surface area contributed by atoms with Crippen LogP contribution in [0.5, 0.6) is 11.5 Å². The summed E-state index contributed by atoms with van der Waals surface area (Å²) in [4.78, 5) is 102. The number of carbonyl (C=O) groups is 4. The Kier molecular flexibility index (Phi) is 20.7. The molecule has 6 aliphatic heterocycles. The molecule has 4 saturated heterocycles. The molecule has 22 nitrogen and oxygen atoms in total. The lowest BCUT2D eigenvalue weighted by molar-refractivity contribution is -0.139. The van der Waals surface area contributed by atoms with Crippen LogP contribution in [0.15, 0.2) is 82.4 Å². The van der Waals surface area contributed by atoms with Crippen molar-refractivity contribution in [1.29, 1.82) is 0 Å². The molecule has 0 radical (unpaired) electrons. The van der Waals surface area contributed by atoms with E-state index in [1.54, 1.807) is 38.5 Å². The number of morpholine rings is 2.